The van der Waals surface area contributed by atoms with Crippen LogP contribution in [0.1, 0.15) is 27.7 Å². The van der Waals surface area contributed by atoms with Gasteiger partial charge >= 0.3 is 0 Å². The summed E-state index contributed by atoms with van der Waals surface area (Å²) in [7, 11) is -1.73. The molecule has 0 aliphatic carbocycles. The molecule has 0 radical (unpaired) electrons. The highest BCUT2D eigenvalue weighted by molar-refractivity contribution is 6.74. The maximum absolute atomic E-state index is 9.48. The van der Waals surface area contributed by atoms with Gasteiger partial charge in [0, 0.05) is 5.92 Å². The third-order valence-corrected chi connectivity index (χ3v) is 8.22. The first-order valence-corrected chi connectivity index (χ1v) is 8.53. The molecule has 1 aliphatic heterocycles. The molecule has 15 heavy (non-hydrogen) atoms. The van der Waals surface area contributed by atoms with Crippen molar-refractivity contribution in [1.82, 2.24) is 0 Å². The molecule has 1 N–H and O–H groups in total. The molecule has 4 heteroatoms. The molecule has 1 aliphatic rings. The zero-order chi connectivity index (χ0) is 11.9. The van der Waals surface area contributed by atoms with Crippen molar-refractivity contribution in [2.24, 2.45) is 5.92 Å². The van der Waals surface area contributed by atoms with Crippen molar-refractivity contribution in [3.05, 3.63) is 0 Å². The minimum absolute atomic E-state index is 0.0564. The Morgan fingerprint density at radius 2 is 1.87 bits per heavy atom. The van der Waals surface area contributed by atoms with Gasteiger partial charge in [-0.05, 0) is 18.1 Å². The highest BCUT2D eigenvalue weighted by Crippen LogP contribution is 2.39. The van der Waals surface area contributed by atoms with Crippen molar-refractivity contribution in [2.45, 2.75) is 58.2 Å². The van der Waals surface area contributed by atoms with Gasteiger partial charge in [0.25, 0.3) is 0 Å². The second kappa shape index (κ2) is 4.16. The smallest absolute Gasteiger partial charge is 0.192 e. The van der Waals surface area contributed by atoms with E-state index >= 15 is 0 Å². The van der Waals surface area contributed by atoms with Crippen molar-refractivity contribution in [1.29, 1.82) is 0 Å². The van der Waals surface area contributed by atoms with Crippen LogP contribution in [0.25, 0.3) is 0 Å². The molecule has 1 fully saturated rings. The molecular formula is C11H24O3Si. The molecule has 0 aromatic heterocycles. The van der Waals surface area contributed by atoms with Crippen LogP contribution in [-0.4, -0.2) is 32.4 Å². The van der Waals surface area contributed by atoms with Gasteiger partial charge in [0.1, 0.15) is 0 Å². The minimum Gasteiger partial charge on any atom is -0.411 e. The van der Waals surface area contributed by atoms with E-state index in [4.69, 9.17) is 9.16 Å². The van der Waals surface area contributed by atoms with E-state index in [-0.39, 0.29) is 17.1 Å². The van der Waals surface area contributed by atoms with E-state index in [1.54, 1.807) is 0 Å². The van der Waals surface area contributed by atoms with Gasteiger partial charge in [0.15, 0.2) is 14.6 Å². The largest absolute Gasteiger partial charge is 0.411 e. The first-order valence-electron chi connectivity index (χ1n) is 5.62. The van der Waals surface area contributed by atoms with Crippen LogP contribution in [0.2, 0.25) is 18.1 Å². The number of aliphatic hydroxyl groups is 1. The molecule has 90 valence electrons. The topological polar surface area (TPSA) is 38.7 Å². The van der Waals surface area contributed by atoms with Gasteiger partial charge in [-0.25, -0.2) is 0 Å². The summed E-state index contributed by atoms with van der Waals surface area (Å²) in [4.78, 5) is 0. The van der Waals surface area contributed by atoms with E-state index in [1.807, 2.05) is 6.92 Å². The van der Waals surface area contributed by atoms with Crippen molar-refractivity contribution in [3.8, 4) is 0 Å². The summed E-state index contributed by atoms with van der Waals surface area (Å²) in [5, 5.41) is 9.69. The Labute approximate surface area is 93.9 Å². The number of aliphatic hydroxyl groups excluding tert-OH is 1. The summed E-state index contributed by atoms with van der Waals surface area (Å²) >= 11 is 0. The van der Waals surface area contributed by atoms with Crippen molar-refractivity contribution in [2.75, 3.05) is 6.61 Å². The van der Waals surface area contributed by atoms with Crippen LogP contribution in [0.4, 0.5) is 0 Å². The van der Waals surface area contributed by atoms with Gasteiger partial charge in [-0.2, -0.15) is 0 Å². The Balaban J connectivity index is 2.62. The van der Waals surface area contributed by atoms with Gasteiger partial charge in [0.2, 0.25) is 0 Å². The van der Waals surface area contributed by atoms with Crippen LogP contribution in [0.15, 0.2) is 0 Å². The van der Waals surface area contributed by atoms with E-state index in [2.05, 4.69) is 33.9 Å². The average molecular weight is 232 g/mol. The maximum Gasteiger partial charge on any atom is 0.192 e. The predicted molar refractivity (Wildman–Crippen MR) is 63.2 cm³/mol. The Bertz CT molecular complexity index is 222. The molecule has 3 atom stereocenters. The van der Waals surface area contributed by atoms with Crippen LogP contribution in [-0.2, 0) is 9.16 Å². The van der Waals surface area contributed by atoms with Crippen LogP contribution in [0.5, 0.6) is 0 Å². The fourth-order valence-corrected chi connectivity index (χ4v) is 2.77. The van der Waals surface area contributed by atoms with Gasteiger partial charge in [-0.15, -0.1) is 0 Å². The second-order valence-corrected chi connectivity index (χ2v) is 10.8. The zero-order valence-electron chi connectivity index (χ0n) is 10.7. The fourth-order valence-electron chi connectivity index (χ4n) is 1.38. The molecule has 0 aromatic carbocycles. The van der Waals surface area contributed by atoms with Crippen LogP contribution in [0.3, 0.4) is 0 Å². The van der Waals surface area contributed by atoms with Crippen LogP contribution < -0.4 is 0 Å². The standard InChI is InChI=1S/C11H24O3Si/c1-8-9(7-13-10(8)12)14-15(5,6)11(2,3)4/h8-10,12H,7H2,1-6H3/t8-,9+,10?/m0/s1. The lowest BCUT2D eigenvalue weighted by Gasteiger charge is -2.39. The minimum atomic E-state index is -1.73. The zero-order valence-corrected chi connectivity index (χ0v) is 11.7. The lowest BCUT2D eigenvalue weighted by atomic mass is 10.1. The molecule has 1 saturated heterocycles. The maximum atomic E-state index is 9.48. The second-order valence-electron chi connectivity index (χ2n) is 6.00. The summed E-state index contributed by atoms with van der Waals surface area (Å²) in [6.45, 7) is 13.6. The first-order chi connectivity index (χ1) is 6.65. The van der Waals surface area contributed by atoms with E-state index < -0.39 is 14.6 Å². The number of hydrogen-bond donors (Lipinski definition) is 1. The lowest BCUT2D eigenvalue weighted by Crippen LogP contribution is -2.45. The molecular weight excluding hydrogens is 208 g/mol. The van der Waals surface area contributed by atoms with Gasteiger partial charge in [-0.3, -0.25) is 0 Å². The fraction of sp³-hybridized carbons (Fsp3) is 1.00. The van der Waals surface area contributed by atoms with E-state index in [0.717, 1.165) is 0 Å². The quantitative estimate of drug-likeness (QED) is 0.743. The Morgan fingerprint density at radius 1 is 1.33 bits per heavy atom. The molecule has 0 aromatic rings. The molecule has 0 amide bonds. The molecule has 0 spiro atoms. The van der Waals surface area contributed by atoms with Gasteiger partial charge in [0.05, 0.1) is 12.7 Å². The van der Waals surface area contributed by atoms with E-state index in [1.165, 1.54) is 0 Å². The number of ether oxygens (including phenoxy) is 1. The molecule has 1 heterocycles. The molecule has 1 unspecified atom stereocenters. The predicted octanol–water partition coefficient (Wildman–Crippen LogP) is 2.36. The van der Waals surface area contributed by atoms with Gasteiger partial charge < -0.3 is 14.3 Å². The number of rotatable bonds is 2. The van der Waals surface area contributed by atoms with Gasteiger partial charge in [-0.1, -0.05) is 27.7 Å². The third kappa shape index (κ3) is 2.81. The Kier molecular flexibility index (Phi) is 3.65. The monoisotopic (exact) mass is 232 g/mol. The van der Waals surface area contributed by atoms with Crippen LogP contribution in [0, 0.1) is 5.92 Å². The Morgan fingerprint density at radius 3 is 2.20 bits per heavy atom. The van der Waals surface area contributed by atoms with E-state index in [0.29, 0.717) is 6.61 Å². The summed E-state index contributed by atoms with van der Waals surface area (Å²) < 4.78 is 11.4. The molecule has 0 bridgehead atoms. The molecule has 1 rings (SSSR count). The first kappa shape index (κ1) is 13.2. The molecule has 3 nitrogen and oxygen atoms in total. The highest BCUT2D eigenvalue weighted by atomic mass is 28.4. The van der Waals surface area contributed by atoms with Crippen molar-refractivity contribution >= 4 is 8.32 Å². The molecule has 0 saturated carbocycles. The Hall–Kier alpha value is 0.0969. The van der Waals surface area contributed by atoms with Crippen molar-refractivity contribution in [3.63, 3.8) is 0 Å². The summed E-state index contributed by atoms with van der Waals surface area (Å²) in [6, 6.07) is 0. The number of hydrogen-bond acceptors (Lipinski definition) is 3. The summed E-state index contributed by atoms with van der Waals surface area (Å²) in [5.74, 6) is 0.0825. The normalized spacial score (nSPS) is 33.4. The third-order valence-electron chi connectivity index (χ3n) is 3.72. The van der Waals surface area contributed by atoms with Crippen molar-refractivity contribution < 1.29 is 14.3 Å². The average Bonchev–Trinajstić information content (AvgIpc) is 2.33. The summed E-state index contributed by atoms with van der Waals surface area (Å²) in [5.41, 5.74) is 0. The summed E-state index contributed by atoms with van der Waals surface area (Å²) in [6.07, 6.45) is -0.597. The highest BCUT2D eigenvalue weighted by Gasteiger charge is 2.43. The SMILES string of the molecule is C[C@@H]1C(O)OC[C@H]1O[Si](C)(C)C(C)(C)C. The lowest BCUT2D eigenvalue weighted by molar-refractivity contribution is -0.0788. The van der Waals surface area contributed by atoms with E-state index in [9.17, 15) is 5.11 Å². The van der Waals surface area contributed by atoms with Crippen LogP contribution >= 0.6 is 0 Å².